The molecule has 0 unspecified atom stereocenters. The molecule has 14 heavy (non-hydrogen) atoms. The second-order valence-electron chi connectivity index (χ2n) is 3.41. The minimum Gasteiger partial charge on any atom is -0.497 e. The van der Waals surface area contributed by atoms with Gasteiger partial charge in [0.05, 0.1) is 13.2 Å². The van der Waals surface area contributed by atoms with Crippen molar-refractivity contribution in [3.05, 3.63) is 29.8 Å². The smallest absolute Gasteiger partial charge is 0.152 e. The number of benzene rings is 1. The molecule has 1 N–H and O–H groups in total. The average Bonchev–Trinajstić information content (AvgIpc) is 2.19. The summed E-state index contributed by atoms with van der Waals surface area (Å²) in [5.41, 5.74) is -0.383. The highest BCUT2D eigenvalue weighted by atomic mass is 16.5. The summed E-state index contributed by atoms with van der Waals surface area (Å²) in [6, 6.07) is 9.14. The van der Waals surface area contributed by atoms with E-state index in [2.05, 4.69) is 0 Å². The van der Waals surface area contributed by atoms with Crippen LogP contribution in [0, 0.1) is 11.3 Å². The monoisotopic (exact) mass is 191 g/mol. The van der Waals surface area contributed by atoms with Crippen LogP contribution in [0.1, 0.15) is 12.5 Å². The van der Waals surface area contributed by atoms with Gasteiger partial charge in [-0.1, -0.05) is 12.1 Å². The van der Waals surface area contributed by atoms with Gasteiger partial charge < -0.3 is 9.84 Å². The molecule has 1 atom stereocenters. The van der Waals surface area contributed by atoms with Gasteiger partial charge in [0.15, 0.2) is 5.60 Å². The van der Waals surface area contributed by atoms with E-state index in [0.29, 0.717) is 6.42 Å². The molecule has 3 heteroatoms. The van der Waals surface area contributed by atoms with Crippen LogP contribution in [0.25, 0.3) is 0 Å². The molecule has 0 amide bonds. The maximum absolute atomic E-state index is 9.51. The summed E-state index contributed by atoms with van der Waals surface area (Å²) in [7, 11) is 1.60. The second kappa shape index (κ2) is 4.12. The van der Waals surface area contributed by atoms with Crippen LogP contribution >= 0.6 is 0 Å². The topological polar surface area (TPSA) is 53.2 Å². The molecule has 0 saturated carbocycles. The van der Waals surface area contributed by atoms with E-state index in [4.69, 9.17) is 10.00 Å². The summed E-state index contributed by atoms with van der Waals surface area (Å²) < 4.78 is 5.00. The third-order valence-corrected chi connectivity index (χ3v) is 1.95. The first-order valence-electron chi connectivity index (χ1n) is 4.34. The Morgan fingerprint density at radius 1 is 1.43 bits per heavy atom. The number of hydrogen-bond donors (Lipinski definition) is 1. The lowest BCUT2D eigenvalue weighted by Gasteiger charge is -2.13. The number of nitrogens with zero attached hydrogens (tertiary/aromatic N) is 1. The first-order valence-corrected chi connectivity index (χ1v) is 4.34. The Bertz CT molecular complexity index is 335. The zero-order chi connectivity index (χ0) is 10.6. The Hall–Kier alpha value is -1.53. The fourth-order valence-electron chi connectivity index (χ4n) is 1.18. The molecular weight excluding hydrogens is 178 g/mol. The van der Waals surface area contributed by atoms with Gasteiger partial charge in [0.25, 0.3) is 0 Å². The van der Waals surface area contributed by atoms with Gasteiger partial charge in [-0.25, -0.2) is 0 Å². The van der Waals surface area contributed by atoms with Crippen LogP contribution in [0.5, 0.6) is 5.75 Å². The summed E-state index contributed by atoms with van der Waals surface area (Å²) >= 11 is 0. The number of methoxy groups -OCH3 is 1. The van der Waals surface area contributed by atoms with Gasteiger partial charge in [0, 0.05) is 6.42 Å². The standard InChI is InChI=1S/C11H13NO2/c1-11(13,8-12)7-9-3-5-10(14-2)6-4-9/h3-6,13H,7H2,1-2H3/t11-/m1/s1. The minimum atomic E-state index is -1.30. The largest absolute Gasteiger partial charge is 0.497 e. The van der Waals surface area contributed by atoms with Gasteiger partial charge in [-0.15, -0.1) is 0 Å². The minimum absolute atomic E-state index is 0.327. The van der Waals surface area contributed by atoms with Crippen molar-refractivity contribution in [3.8, 4) is 11.8 Å². The normalized spacial score (nSPS) is 14.1. The number of nitriles is 1. The van der Waals surface area contributed by atoms with Crippen molar-refractivity contribution < 1.29 is 9.84 Å². The van der Waals surface area contributed by atoms with Crippen LogP contribution < -0.4 is 4.74 Å². The van der Waals surface area contributed by atoms with Crippen molar-refractivity contribution in [2.24, 2.45) is 0 Å². The quantitative estimate of drug-likeness (QED) is 0.737. The van der Waals surface area contributed by atoms with Gasteiger partial charge in [-0.2, -0.15) is 5.26 Å². The molecule has 0 heterocycles. The summed E-state index contributed by atoms with van der Waals surface area (Å²) in [4.78, 5) is 0. The van der Waals surface area contributed by atoms with Crippen LogP contribution in [0.4, 0.5) is 0 Å². The zero-order valence-corrected chi connectivity index (χ0v) is 8.32. The van der Waals surface area contributed by atoms with Crippen molar-refractivity contribution in [2.45, 2.75) is 18.9 Å². The maximum atomic E-state index is 9.51. The van der Waals surface area contributed by atoms with Crippen molar-refractivity contribution >= 4 is 0 Å². The van der Waals surface area contributed by atoms with Crippen LogP contribution in [0.2, 0.25) is 0 Å². The first-order chi connectivity index (χ1) is 6.57. The molecule has 0 saturated heterocycles. The molecule has 0 aliphatic carbocycles. The predicted molar refractivity (Wildman–Crippen MR) is 52.9 cm³/mol. The highest BCUT2D eigenvalue weighted by Crippen LogP contribution is 2.16. The summed E-state index contributed by atoms with van der Waals surface area (Å²) in [5.74, 6) is 0.769. The predicted octanol–water partition coefficient (Wildman–Crippen LogP) is 1.51. The average molecular weight is 191 g/mol. The van der Waals surface area contributed by atoms with Crippen molar-refractivity contribution in [1.29, 1.82) is 5.26 Å². The lowest BCUT2D eigenvalue weighted by Crippen LogP contribution is -2.24. The Morgan fingerprint density at radius 3 is 2.43 bits per heavy atom. The van der Waals surface area contributed by atoms with E-state index < -0.39 is 5.60 Å². The Kier molecular flexibility index (Phi) is 3.10. The number of ether oxygens (including phenoxy) is 1. The highest BCUT2D eigenvalue weighted by molar-refractivity contribution is 5.28. The van der Waals surface area contributed by atoms with Gasteiger partial charge >= 0.3 is 0 Å². The zero-order valence-electron chi connectivity index (χ0n) is 8.32. The summed E-state index contributed by atoms with van der Waals surface area (Å²) in [6.07, 6.45) is 0.327. The Balaban J connectivity index is 2.75. The van der Waals surface area contributed by atoms with E-state index in [1.54, 1.807) is 7.11 Å². The highest BCUT2D eigenvalue weighted by Gasteiger charge is 2.19. The molecule has 1 aromatic rings. The molecule has 1 aromatic carbocycles. The van der Waals surface area contributed by atoms with E-state index in [9.17, 15) is 5.11 Å². The summed E-state index contributed by atoms with van der Waals surface area (Å²) in [6.45, 7) is 1.50. The van der Waals surface area contributed by atoms with E-state index in [1.807, 2.05) is 30.3 Å². The van der Waals surface area contributed by atoms with E-state index in [1.165, 1.54) is 6.92 Å². The molecule has 0 aliphatic heterocycles. The molecule has 1 rings (SSSR count). The maximum Gasteiger partial charge on any atom is 0.152 e. The van der Waals surface area contributed by atoms with Gasteiger partial charge in [0.2, 0.25) is 0 Å². The SMILES string of the molecule is COc1ccc(C[C@@](C)(O)C#N)cc1. The molecule has 0 spiro atoms. The van der Waals surface area contributed by atoms with E-state index in [0.717, 1.165) is 11.3 Å². The van der Waals surface area contributed by atoms with Crippen LogP contribution in [-0.2, 0) is 6.42 Å². The van der Waals surface area contributed by atoms with E-state index in [-0.39, 0.29) is 0 Å². The lowest BCUT2D eigenvalue weighted by atomic mass is 9.98. The van der Waals surface area contributed by atoms with Crippen LogP contribution in [0.3, 0.4) is 0 Å². The van der Waals surface area contributed by atoms with Gasteiger partial charge in [0.1, 0.15) is 5.75 Å². The van der Waals surface area contributed by atoms with Gasteiger partial charge in [-0.3, -0.25) is 0 Å². The molecule has 0 aromatic heterocycles. The second-order valence-corrected chi connectivity index (χ2v) is 3.41. The number of hydrogen-bond acceptors (Lipinski definition) is 3. The van der Waals surface area contributed by atoms with Crippen molar-refractivity contribution in [3.63, 3.8) is 0 Å². The Labute approximate surface area is 83.6 Å². The molecule has 3 nitrogen and oxygen atoms in total. The molecule has 0 bridgehead atoms. The lowest BCUT2D eigenvalue weighted by molar-refractivity contribution is 0.120. The molecule has 0 aliphatic rings. The first kappa shape index (κ1) is 10.6. The van der Waals surface area contributed by atoms with E-state index >= 15 is 0 Å². The number of rotatable bonds is 3. The Morgan fingerprint density at radius 2 is 2.00 bits per heavy atom. The van der Waals surface area contributed by atoms with Crippen molar-refractivity contribution in [1.82, 2.24) is 0 Å². The molecular formula is C11H13NO2. The fourth-order valence-corrected chi connectivity index (χ4v) is 1.18. The van der Waals surface area contributed by atoms with Crippen LogP contribution in [0.15, 0.2) is 24.3 Å². The molecule has 74 valence electrons. The van der Waals surface area contributed by atoms with Crippen molar-refractivity contribution in [2.75, 3.05) is 7.11 Å². The fraction of sp³-hybridized carbons (Fsp3) is 0.364. The molecule has 0 fully saturated rings. The molecule has 0 radical (unpaired) electrons. The third kappa shape index (κ3) is 2.75. The summed E-state index contributed by atoms with van der Waals surface area (Å²) in [5, 5.41) is 18.1. The van der Waals surface area contributed by atoms with Crippen LogP contribution in [-0.4, -0.2) is 17.8 Å². The van der Waals surface area contributed by atoms with Gasteiger partial charge in [-0.05, 0) is 24.6 Å². The third-order valence-electron chi connectivity index (χ3n) is 1.95. The number of aliphatic hydroxyl groups is 1.